The van der Waals surface area contributed by atoms with Crippen LogP contribution in [0.3, 0.4) is 0 Å². The molecule has 11 heteroatoms. The van der Waals surface area contributed by atoms with Gasteiger partial charge in [-0.25, -0.2) is 9.59 Å². The zero-order valence-corrected chi connectivity index (χ0v) is 20.1. The Morgan fingerprint density at radius 3 is 2.47 bits per heavy atom. The highest BCUT2D eigenvalue weighted by Gasteiger charge is 2.24. The Morgan fingerprint density at radius 2 is 1.79 bits per heavy atom. The van der Waals surface area contributed by atoms with Crippen LogP contribution in [-0.4, -0.2) is 57.1 Å². The van der Waals surface area contributed by atoms with Crippen LogP contribution in [0, 0.1) is 0 Å². The second-order valence-electron chi connectivity index (χ2n) is 7.93. The van der Waals surface area contributed by atoms with Crippen molar-refractivity contribution in [2.24, 2.45) is 7.05 Å². The van der Waals surface area contributed by atoms with E-state index in [1.807, 2.05) is 6.92 Å². The van der Waals surface area contributed by atoms with E-state index in [-0.39, 0.29) is 35.1 Å². The molecule has 182 valence electrons. The summed E-state index contributed by atoms with van der Waals surface area (Å²) in [7, 11) is 1.26. The molecule has 2 aromatic rings. The van der Waals surface area contributed by atoms with Crippen LogP contribution in [0.25, 0.3) is 0 Å². The highest BCUT2D eigenvalue weighted by molar-refractivity contribution is 8.00. The molecule has 0 aliphatic carbocycles. The monoisotopic (exact) mass is 488 g/mol. The van der Waals surface area contributed by atoms with E-state index in [1.54, 1.807) is 29.2 Å². The summed E-state index contributed by atoms with van der Waals surface area (Å²) in [4.78, 5) is 64.9. The van der Waals surface area contributed by atoms with Gasteiger partial charge in [0, 0.05) is 31.6 Å². The fraction of sp³-hybridized carbons (Fsp3) is 0.435. The highest BCUT2D eigenvalue weighted by atomic mass is 32.2. The van der Waals surface area contributed by atoms with Gasteiger partial charge in [0.25, 0.3) is 5.56 Å². The van der Waals surface area contributed by atoms with Gasteiger partial charge >= 0.3 is 11.7 Å². The summed E-state index contributed by atoms with van der Waals surface area (Å²) in [5, 5.41) is 0. The Hall–Kier alpha value is -3.34. The van der Waals surface area contributed by atoms with E-state index in [0.717, 1.165) is 35.1 Å². The molecule has 0 unspecified atom stereocenters. The van der Waals surface area contributed by atoms with E-state index in [2.05, 4.69) is 0 Å². The number of nitrogen functional groups attached to an aromatic ring is 1. The van der Waals surface area contributed by atoms with Crippen molar-refractivity contribution in [2.75, 3.05) is 31.2 Å². The maximum atomic E-state index is 12.7. The topological polar surface area (TPSA) is 134 Å². The second-order valence-corrected chi connectivity index (χ2v) is 8.95. The summed E-state index contributed by atoms with van der Waals surface area (Å²) in [5.41, 5.74) is 4.32. The molecule has 1 fully saturated rings. The zero-order valence-electron chi connectivity index (χ0n) is 19.2. The summed E-state index contributed by atoms with van der Waals surface area (Å²) in [6.45, 7) is 2.85. The number of rotatable bonds is 9. The van der Waals surface area contributed by atoms with Gasteiger partial charge in [-0.3, -0.25) is 23.5 Å². The number of hydrogen-bond acceptors (Lipinski definition) is 8. The van der Waals surface area contributed by atoms with Gasteiger partial charge in [-0.2, -0.15) is 0 Å². The first-order chi connectivity index (χ1) is 16.3. The number of aromatic nitrogens is 2. The van der Waals surface area contributed by atoms with Crippen molar-refractivity contribution in [2.45, 2.75) is 37.6 Å². The number of carbonyl (C=O) groups excluding carboxylic acids is 3. The summed E-state index contributed by atoms with van der Waals surface area (Å²) in [5.74, 6) is -1.61. The van der Waals surface area contributed by atoms with Crippen molar-refractivity contribution in [3.63, 3.8) is 0 Å². The number of carbonyl (C=O) groups is 3. The van der Waals surface area contributed by atoms with Crippen molar-refractivity contribution in [1.82, 2.24) is 14.0 Å². The number of thioether (sulfide) groups is 1. The third-order valence-electron chi connectivity index (χ3n) is 5.56. The zero-order chi connectivity index (χ0) is 24.8. The number of nitrogens with two attached hydrogens (primary N) is 1. The van der Waals surface area contributed by atoms with Crippen LogP contribution >= 0.6 is 11.8 Å². The lowest BCUT2D eigenvalue weighted by atomic mass is 10.2. The maximum absolute atomic E-state index is 12.7. The van der Waals surface area contributed by atoms with Gasteiger partial charge in [0.1, 0.15) is 11.4 Å². The first kappa shape index (κ1) is 25.3. The maximum Gasteiger partial charge on any atom is 0.339 e. The fourth-order valence-corrected chi connectivity index (χ4v) is 4.67. The molecule has 0 saturated carbocycles. The lowest BCUT2D eigenvalue weighted by Crippen LogP contribution is -2.43. The van der Waals surface area contributed by atoms with Crippen LogP contribution in [-0.2, 0) is 23.1 Å². The van der Waals surface area contributed by atoms with Gasteiger partial charge in [0.15, 0.2) is 6.61 Å². The molecule has 0 radical (unpaired) electrons. The van der Waals surface area contributed by atoms with E-state index >= 15 is 0 Å². The molecule has 0 bridgehead atoms. The molecule has 0 spiro atoms. The third kappa shape index (κ3) is 5.41. The van der Waals surface area contributed by atoms with E-state index in [0.29, 0.717) is 11.3 Å². The summed E-state index contributed by atoms with van der Waals surface area (Å²) >= 11 is 1.23. The van der Waals surface area contributed by atoms with Gasteiger partial charge in [-0.05, 0) is 31.4 Å². The molecule has 1 aliphatic heterocycles. The minimum absolute atomic E-state index is 0.00868. The molecule has 1 amide bonds. The van der Waals surface area contributed by atoms with Gasteiger partial charge in [0.05, 0.1) is 11.3 Å². The summed E-state index contributed by atoms with van der Waals surface area (Å²) in [6.07, 6.45) is 2.56. The molecular weight excluding hydrogens is 460 g/mol. The Balaban J connectivity index is 1.72. The molecule has 1 aromatic heterocycles. The predicted molar refractivity (Wildman–Crippen MR) is 128 cm³/mol. The standard InChI is InChI=1S/C23H28N4O6S/c1-3-10-27-20(24)19(21(30)25(2)23(27)32)16(28)13-33-22(31)15-8-4-5-9-17(15)34-14-18(29)26-11-6-7-12-26/h4-5,8-9H,3,6-7,10-14,24H2,1-2H3. The quantitative estimate of drug-likeness (QED) is 0.317. The van der Waals surface area contributed by atoms with Gasteiger partial charge in [0.2, 0.25) is 11.7 Å². The molecule has 1 saturated heterocycles. The highest BCUT2D eigenvalue weighted by Crippen LogP contribution is 2.24. The van der Waals surface area contributed by atoms with E-state index < -0.39 is 29.6 Å². The minimum Gasteiger partial charge on any atom is -0.454 e. The molecule has 2 N–H and O–H groups in total. The first-order valence-electron chi connectivity index (χ1n) is 11.1. The molecule has 1 aromatic carbocycles. The number of anilines is 1. The number of hydrogen-bond donors (Lipinski definition) is 1. The lowest BCUT2D eigenvalue weighted by Gasteiger charge is -2.15. The average molecular weight is 489 g/mol. The van der Waals surface area contributed by atoms with E-state index in [1.165, 1.54) is 18.8 Å². The smallest absolute Gasteiger partial charge is 0.339 e. The Bertz CT molecular complexity index is 1210. The predicted octanol–water partition coefficient (Wildman–Crippen LogP) is 1.29. The van der Waals surface area contributed by atoms with Gasteiger partial charge in [-0.15, -0.1) is 11.8 Å². The molecule has 10 nitrogen and oxygen atoms in total. The molecule has 2 heterocycles. The number of ketones is 1. The van der Waals surface area contributed by atoms with Crippen molar-refractivity contribution >= 4 is 35.2 Å². The third-order valence-corrected chi connectivity index (χ3v) is 6.62. The van der Waals surface area contributed by atoms with Crippen LogP contribution in [0.2, 0.25) is 0 Å². The molecule has 34 heavy (non-hydrogen) atoms. The number of esters is 1. The van der Waals surface area contributed by atoms with Crippen molar-refractivity contribution in [3.8, 4) is 0 Å². The fourth-order valence-electron chi connectivity index (χ4n) is 3.72. The van der Waals surface area contributed by atoms with Crippen LogP contribution in [0.4, 0.5) is 5.82 Å². The molecular formula is C23H28N4O6S. The summed E-state index contributed by atoms with van der Waals surface area (Å²) < 4.78 is 7.15. The van der Waals surface area contributed by atoms with Gasteiger partial charge in [-0.1, -0.05) is 19.1 Å². The Labute approximate surface area is 200 Å². The van der Waals surface area contributed by atoms with Crippen LogP contribution in [0.1, 0.15) is 46.9 Å². The Morgan fingerprint density at radius 1 is 1.12 bits per heavy atom. The van der Waals surface area contributed by atoms with Crippen LogP contribution in [0.5, 0.6) is 0 Å². The molecule has 0 atom stereocenters. The van der Waals surface area contributed by atoms with Crippen molar-refractivity contribution in [1.29, 1.82) is 0 Å². The average Bonchev–Trinajstić information content (AvgIpc) is 3.38. The van der Waals surface area contributed by atoms with Crippen LogP contribution in [0.15, 0.2) is 38.8 Å². The Kier molecular flexibility index (Phi) is 8.32. The SMILES string of the molecule is CCCn1c(N)c(C(=O)COC(=O)c2ccccc2SCC(=O)N2CCCC2)c(=O)n(C)c1=O. The number of likely N-dealkylation sites (tertiary alicyclic amines) is 1. The van der Waals surface area contributed by atoms with E-state index in [4.69, 9.17) is 10.5 Å². The van der Waals surface area contributed by atoms with E-state index in [9.17, 15) is 24.0 Å². The van der Waals surface area contributed by atoms with Gasteiger partial charge < -0.3 is 15.4 Å². The summed E-state index contributed by atoms with van der Waals surface area (Å²) in [6, 6.07) is 6.64. The van der Waals surface area contributed by atoms with Crippen molar-refractivity contribution < 1.29 is 19.1 Å². The number of nitrogens with zero attached hydrogens (tertiary/aromatic N) is 3. The number of ether oxygens (including phenoxy) is 1. The van der Waals surface area contributed by atoms with Crippen LogP contribution < -0.4 is 17.0 Å². The number of amides is 1. The minimum atomic E-state index is -0.840. The number of Topliss-reactive ketones (excluding diaryl/α,β-unsaturated/α-hetero) is 1. The largest absolute Gasteiger partial charge is 0.454 e. The first-order valence-corrected chi connectivity index (χ1v) is 12.0. The van der Waals surface area contributed by atoms with Crippen molar-refractivity contribution in [3.05, 3.63) is 56.2 Å². The lowest BCUT2D eigenvalue weighted by molar-refractivity contribution is -0.127. The normalized spacial score (nSPS) is 13.2. The molecule has 1 aliphatic rings. The second kappa shape index (κ2) is 11.2. The molecule has 3 rings (SSSR count). The number of benzene rings is 1.